The molecule has 1 aliphatic heterocycles. The van der Waals surface area contributed by atoms with Gasteiger partial charge in [-0.1, -0.05) is 12.1 Å². The number of hydrogen-bond donors (Lipinski definition) is 1. The molecule has 0 radical (unpaired) electrons. The van der Waals surface area contributed by atoms with E-state index >= 15 is 0 Å². The summed E-state index contributed by atoms with van der Waals surface area (Å²) < 4.78 is 2.15. The average molecular weight is 266 g/mol. The Bertz CT molecular complexity index is 778. The number of anilines is 2. The molecule has 0 spiro atoms. The second-order valence-electron chi connectivity index (χ2n) is 4.88. The lowest BCUT2D eigenvalue weighted by molar-refractivity contribution is 0.557. The number of nitrogens with two attached hydrogens (primary N) is 1. The lowest BCUT2D eigenvalue weighted by Crippen LogP contribution is -2.34. The number of para-hydroxylation sites is 2. The fraction of sp³-hybridized carbons (Fsp3) is 0.214. The molecule has 1 aromatic carbocycles. The molecule has 0 fully saturated rings. The normalized spacial score (nSPS) is 14.5. The Kier molecular flexibility index (Phi) is 2.35. The van der Waals surface area contributed by atoms with Crippen LogP contribution in [-0.4, -0.2) is 26.1 Å². The molecule has 3 heterocycles. The molecular formula is C14H14N6. The highest BCUT2D eigenvalue weighted by Crippen LogP contribution is 2.25. The maximum Gasteiger partial charge on any atom is 0.172 e. The number of nitrogens with zero attached hydrogens (tertiary/aromatic N) is 5. The van der Waals surface area contributed by atoms with Gasteiger partial charge in [-0.25, -0.2) is 15.0 Å². The van der Waals surface area contributed by atoms with Gasteiger partial charge in [0, 0.05) is 25.5 Å². The number of imidazole rings is 1. The summed E-state index contributed by atoms with van der Waals surface area (Å²) in [5, 5.41) is 0. The molecule has 0 saturated carbocycles. The van der Waals surface area contributed by atoms with Gasteiger partial charge in [0.2, 0.25) is 0 Å². The molecule has 20 heavy (non-hydrogen) atoms. The first-order chi connectivity index (χ1) is 9.81. The van der Waals surface area contributed by atoms with Crippen LogP contribution in [0.25, 0.3) is 11.0 Å². The summed E-state index contributed by atoms with van der Waals surface area (Å²) in [4.78, 5) is 15.6. The van der Waals surface area contributed by atoms with Crippen molar-refractivity contribution in [3.63, 3.8) is 0 Å². The molecule has 0 aliphatic carbocycles. The molecule has 0 unspecified atom stereocenters. The van der Waals surface area contributed by atoms with Gasteiger partial charge < -0.3 is 15.2 Å². The molecule has 0 amide bonds. The van der Waals surface area contributed by atoms with Crippen molar-refractivity contribution in [2.24, 2.45) is 0 Å². The van der Waals surface area contributed by atoms with Crippen LogP contribution in [0.2, 0.25) is 0 Å². The summed E-state index contributed by atoms with van der Waals surface area (Å²) in [6.07, 6.45) is 3.83. The standard InChI is InChI=1S/C14H14N6/c15-13-14(18-11-4-2-1-3-10(11)17-13)20-8-7-19-6-5-16-12(19)9-20/h1-6H,7-9H2,(H2,15,17). The minimum atomic E-state index is 0.476. The van der Waals surface area contributed by atoms with Gasteiger partial charge in [-0.15, -0.1) is 0 Å². The smallest absolute Gasteiger partial charge is 0.172 e. The van der Waals surface area contributed by atoms with Crippen molar-refractivity contribution in [3.8, 4) is 0 Å². The molecular weight excluding hydrogens is 252 g/mol. The lowest BCUT2D eigenvalue weighted by atomic mass is 10.3. The number of benzene rings is 1. The highest BCUT2D eigenvalue weighted by atomic mass is 15.3. The first-order valence-electron chi connectivity index (χ1n) is 6.58. The van der Waals surface area contributed by atoms with E-state index in [-0.39, 0.29) is 0 Å². The molecule has 2 aromatic heterocycles. The van der Waals surface area contributed by atoms with Crippen LogP contribution in [0.4, 0.5) is 11.6 Å². The molecule has 1 aliphatic rings. The summed E-state index contributed by atoms with van der Waals surface area (Å²) in [6.45, 7) is 2.47. The fourth-order valence-electron chi connectivity index (χ4n) is 2.59. The van der Waals surface area contributed by atoms with Crippen molar-refractivity contribution < 1.29 is 0 Å². The second-order valence-corrected chi connectivity index (χ2v) is 4.88. The second kappa shape index (κ2) is 4.19. The number of aromatic nitrogens is 4. The van der Waals surface area contributed by atoms with Crippen LogP contribution in [0.3, 0.4) is 0 Å². The van der Waals surface area contributed by atoms with Gasteiger partial charge in [-0.05, 0) is 12.1 Å². The quantitative estimate of drug-likeness (QED) is 0.721. The van der Waals surface area contributed by atoms with Crippen molar-refractivity contribution in [2.75, 3.05) is 17.2 Å². The van der Waals surface area contributed by atoms with Gasteiger partial charge in [-0.2, -0.15) is 0 Å². The summed E-state index contributed by atoms with van der Waals surface area (Å²) >= 11 is 0. The van der Waals surface area contributed by atoms with E-state index in [1.807, 2.05) is 36.7 Å². The van der Waals surface area contributed by atoms with E-state index in [1.54, 1.807) is 0 Å². The zero-order valence-corrected chi connectivity index (χ0v) is 10.9. The van der Waals surface area contributed by atoms with Crippen molar-refractivity contribution in [1.29, 1.82) is 0 Å². The number of hydrogen-bond acceptors (Lipinski definition) is 5. The summed E-state index contributed by atoms with van der Waals surface area (Å²) in [5.74, 6) is 2.26. The Morgan fingerprint density at radius 3 is 2.70 bits per heavy atom. The maximum atomic E-state index is 6.07. The molecule has 2 N–H and O–H groups in total. The molecule has 0 atom stereocenters. The fourth-order valence-corrected chi connectivity index (χ4v) is 2.59. The van der Waals surface area contributed by atoms with Gasteiger partial charge >= 0.3 is 0 Å². The van der Waals surface area contributed by atoms with E-state index in [4.69, 9.17) is 5.73 Å². The average Bonchev–Trinajstić information content (AvgIpc) is 2.94. The minimum absolute atomic E-state index is 0.476. The largest absolute Gasteiger partial charge is 0.381 e. The van der Waals surface area contributed by atoms with Crippen molar-refractivity contribution in [2.45, 2.75) is 13.1 Å². The minimum Gasteiger partial charge on any atom is -0.381 e. The van der Waals surface area contributed by atoms with Crippen LogP contribution in [0.1, 0.15) is 5.82 Å². The van der Waals surface area contributed by atoms with Gasteiger partial charge in [0.05, 0.1) is 17.6 Å². The maximum absolute atomic E-state index is 6.07. The van der Waals surface area contributed by atoms with E-state index in [0.717, 1.165) is 35.8 Å². The highest BCUT2D eigenvalue weighted by molar-refractivity contribution is 5.79. The Labute approximate surface area is 115 Å². The monoisotopic (exact) mass is 266 g/mol. The molecule has 3 aromatic rings. The van der Waals surface area contributed by atoms with Crippen LogP contribution in [0.5, 0.6) is 0 Å². The van der Waals surface area contributed by atoms with Gasteiger partial charge in [0.15, 0.2) is 11.6 Å². The number of rotatable bonds is 1. The van der Waals surface area contributed by atoms with E-state index < -0.39 is 0 Å². The molecule has 100 valence electrons. The summed E-state index contributed by atoms with van der Waals surface area (Å²) in [6, 6.07) is 7.77. The highest BCUT2D eigenvalue weighted by Gasteiger charge is 2.20. The number of nitrogen functional groups attached to an aromatic ring is 1. The van der Waals surface area contributed by atoms with Crippen LogP contribution in [0, 0.1) is 0 Å². The van der Waals surface area contributed by atoms with Crippen molar-refractivity contribution >= 4 is 22.7 Å². The van der Waals surface area contributed by atoms with Gasteiger partial charge in [0.1, 0.15) is 5.82 Å². The number of fused-ring (bicyclic) bond motifs is 2. The Balaban J connectivity index is 1.77. The van der Waals surface area contributed by atoms with E-state index in [9.17, 15) is 0 Å². The Hall–Kier alpha value is -2.63. The van der Waals surface area contributed by atoms with Crippen molar-refractivity contribution in [3.05, 3.63) is 42.5 Å². The van der Waals surface area contributed by atoms with Crippen LogP contribution in [0.15, 0.2) is 36.7 Å². The van der Waals surface area contributed by atoms with Gasteiger partial charge in [0.25, 0.3) is 0 Å². The van der Waals surface area contributed by atoms with Crippen LogP contribution in [-0.2, 0) is 13.1 Å². The zero-order valence-electron chi connectivity index (χ0n) is 10.9. The van der Waals surface area contributed by atoms with Crippen LogP contribution >= 0.6 is 0 Å². The molecule has 0 saturated heterocycles. The molecule has 4 rings (SSSR count). The predicted octanol–water partition coefficient (Wildman–Crippen LogP) is 1.43. The molecule has 6 heteroatoms. The first-order valence-corrected chi connectivity index (χ1v) is 6.58. The molecule has 0 bridgehead atoms. The van der Waals surface area contributed by atoms with Crippen LogP contribution < -0.4 is 10.6 Å². The SMILES string of the molecule is Nc1nc2ccccc2nc1N1CCn2ccnc2C1. The van der Waals surface area contributed by atoms with Crippen molar-refractivity contribution in [1.82, 2.24) is 19.5 Å². The Morgan fingerprint density at radius 1 is 1.05 bits per heavy atom. The van der Waals surface area contributed by atoms with E-state index in [1.165, 1.54) is 0 Å². The summed E-state index contributed by atoms with van der Waals surface area (Å²) in [5.41, 5.74) is 7.76. The van der Waals surface area contributed by atoms with Gasteiger partial charge in [-0.3, -0.25) is 0 Å². The third-order valence-electron chi connectivity index (χ3n) is 3.62. The predicted molar refractivity (Wildman–Crippen MR) is 77.2 cm³/mol. The molecule has 6 nitrogen and oxygen atoms in total. The lowest BCUT2D eigenvalue weighted by Gasteiger charge is -2.29. The third kappa shape index (κ3) is 1.69. The first kappa shape index (κ1) is 11.2. The van der Waals surface area contributed by atoms with E-state index in [2.05, 4.69) is 24.4 Å². The topological polar surface area (TPSA) is 72.9 Å². The zero-order chi connectivity index (χ0) is 13.5. The Morgan fingerprint density at radius 2 is 1.85 bits per heavy atom. The summed E-state index contributed by atoms with van der Waals surface area (Å²) in [7, 11) is 0. The third-order valence-corrected chi connectivity index (χ3v) is 3.62. The van der Waals surface area contributed by atoms with E-state index in [0.29, 0.717) is 12.4 Å².